The number of ether oxygens (including phenoxy) is 2. The number of hydrogen-bond acceptors (Lipinski definition) is 5. The van der Waals surface area contributed by atoms with Crippen molar-refractivity contribution in [3.8, 4) is 17.2 Å². The van der Waals surface area contributed by atoms with Crippen LogP contribution in [0.25, 0.3) is 5.69 Å². The summed E-state index contributed by atoms with van der Waals surface area (Å²) in [7, 11) is 2.81. The maximum Gasteiger partial charge on any atom is 0.347 e. The van der Waals surface area contributed by atoms with Crippen LogP contribution in [0.1, 0.15) is 10.4 Å². The number of benzene rings is 1. The molecule has 0 amide bonds. The number of H-pyrrole nitrogens is 1. The summed E-state index contributed by atoms with van der Waals surface area (Å²) in [6.45, 7) is 0. The highest BCUT2D eigenvalue weighted by Gasteiger charge is 2.18. The Morgan fingerprint density at radius 1 is 1.32 bits per heavy atom. The summed E-state index contributed by atoms with van der Waals surface area (Å²) >= 11 is 0. The molecule has 1 heterocycles. The zero-order valence-electron chi connectivity index (χ0n) is 10.2. The van der Waals surface area contributed by atoms with Gasteiger partial charge in [0.15, 0.2) is 11.5 Å². The Morgan fingerprint density at radius 2 is 1.95 bits per heavy atom. The zero-order chi connectivity index (χ0) is 14.0. The van der Waals surface area contributed by atoms with Crippen molar-refractivity contribution in [2.45, 2.75) is 0 Å². The van der Waals surface area contributed by atoms with Gasteiger partial charge in [-0.15, -0.1) is 0 Å². The maximum atomic E-state index is 11.5. The van der Waals surface area contributed by atoms with Gasteiger partial charge in [-0.05, 0) is 0 Å². The fourth-order valence-electron chi connectivity index (χ4n) is 1.66. The minimum absolute atomic E-state index is 0.0962. The van der Waals surface area contributed by atoms with Crippen LogP contribution in [0.4, 0.5) is 0 Å². The highest BCUT2D eigenvalue weighted by molar-refractivity contribution is 5.93. The van der Waals surface area contributed by atoms with Crippen molar-refractivity contribution in [3.05, 3.63) is 34.5 Å². The topological polar surface area (TPSA) is 106 Å². The molecule has 2 N–H and O–H groups in total. The third-order valence-electron chi connectivity index (χ3n) is 2.54. The van der Waals surface area contributed by atoms with Gasteiger partial charge in [-0.3, -0.25) is 0 Å². The molecule has 100 valence electrons. The number of hydrogen-bond donors (Lipinski definition) is 2. The second-order valence-corrected chi connectivity index (χ2v) is 3.56. The molecule has 0 aliphatic rings. The lowest BCUT2D eigenvalue weighted by Gasteiger charge is -2.12. The number of carbonyl (C=O) groups is 1. The summed E-state index contributed by atoms with van der Waals surface area (Å²) in [5.74, 6) is -0.611. The molecule has 0 unspecified atom stereocenters. The number of aromatic amines is 1. The Hall–Kier alpha value is -2.77. The minimum atomic E-state index is -1.19. The van der Waals surface area contributed by atoms with E-state index in [0.29, 0.717) is 5.75 Å². The van der Waals surface area contributed by atoms with Crippen molar-refractivity contribution >= 4 is 5.97 Å². The summed E-state index contributed by atoms with van der Waals surface area (Å²) in [5, 5.41) is 14.9. The molecule has 0 aliphatic carbocycles. The van der Waals surface area contributed by atoms with Crippen LogP contribution in [0, 0.1) is 0 Å². The molecule has 1 aromatic carbocycles. The van der Waals surface area contributed by atoms with Gasteiger partial charge in [0.05, 0.1) is 25.5 Å². The first-order valence-electron chi connectivity index (χ1n) is 5.20. The molecule has 2 rings (SSSR count). The summed E-state index contributed by atoms with van der Waals surface area (Å²) < 4.78 is 11.2. The van der Waals surface area contributed by atoms with E-state index in [2.05, 4.69) is 10.2 Å². The van der Waals surface area contributed by atoms with Gasteiger partial charge in [0, 0.05) is 12.1 Å². The van der Waals surface area contributed by atoms with Gasteiger partial charge in [-0.1, -0.05) is 0 Å². The fraction of sp³-hybridized carbons (Fsp3) is 0.182. The largest absolute Gasteiger partial charge is 0.493 e. The van der Waals surface area contributed by atoms with E-state index in [1.165, 1.54) is 32.7 Å². The Balaban J connectivity index is 2.75. The molecule has 0 aliphatic heterocycles. The van der Waals surface area contributed by atoms with Crippen LogP contribution in [0.5, 0.6) is 11.5 Å². The molecule has 8 heteroatoms. The lowest BCUT2D eigenvalue weighted by molar-refractivity contribution is 0.0696. The molecule has 0 fully saturated rings. The van der Waals surface area contributed by atoms with Crippen molar-refractivity contribution < 1.29 is 19.4 Å². The van der Waals surface area contributed by atoms with Crippen LogP contribution in [0.3, 0.4) is 0 Å². The minimum Gasteiger partial charge on any atom is -0.493 e. The molecular formula is C11H11N3O5. The molecular weight excluding hydrogens is 254 g/mol. The Morgan fingerprint density at radius 3 is 2.42 bits per heavy atom. The highest BCUT2D eigenvalue weighted by Crippen LogP contribution is 2.31. The summed E-state index contributed by atoms with van der Waals surface area (Å²) in [4.78, 5) is 22.8. The smallest absolute Gasteiger partial charge is 0.347 e. The lowest BCUT2D eigenvalue weighted by atomic mass is 10.1. The Labute approximate surface area is 107 Å². The highest BCUT2D eigenvalue weighted by atomic mass is 16.5. The van der Waals surface area contributed by atoms with Crippen molar-refractivity contribution in [3.63, 3.8) is 0 Å². The molecule has 1 aromatic heterocycles. The maximum absolute atomic E-state index is 11.5. The monoisotopic (exact) mass is 265 g/mol. The summed E-state index contributed by atoms with van der Waals surface area (Å²) in [6, 6.07) is 2.69. The van der Waals surface area contributed by atoms with Crippen molar-refractivity contribution in [2.75, 3.05) is 14.2 Å². The van der Waals surface area contributed by atoms with Crippen LogP contribution in [-0.2, 0) is 0 Å². The number of nitrogens with zero attached hydrogens (tertiary/aromatic N) is 2. The number of carboxylic acids is 1. The van der Waals surface area contributed by atoms with Gasteiger partial charge in [0.2, 0.25) is 0 Å². The van der Waals surface area contributed by atoms with E-state index >= 15 is 0 Å². The average Bonchev–Trinajstić information content (AvgIpc) is 2.83. The second-order valence-electron chi connectivity index (χ2n) is 3.56. The number of aromatic nitrogens is 3. The van der Waals surface area contributed by atoms with Gasteiger partial charge < -0.3 is 14.6 Å². The predicted molar refractivity (Wildman–Crippen MR) is 64.2 cm³/mol. The zero-order valence-corrected chi connectivity index (χ0v) is 10.2. The van der Waals surface area contributed by atoms with Crippen molar-refractivity contribution in [1.29, 1.82) is 0 Å². The van der Waals surface area contributed by atoms with E-state index in [1.807, 2.05) is 0 Å². The first kappa shape index (κ1) is 12.7. The first-order chi connectivity index (χ1) is 9.08. The molecule has 0 radical (unpaired) electrons. The first-order valence-corrected chi connectivity index (χ1v) is 5.20. The molecule has 0 spiro atoms. The van der Waals surface area contributed by atoms with Crippen molar-refractivity contribution in [1.82, 2.24) is 14.8 Å². The molecule has 8 nitrogen and oxygen atoms in total. The number of nitrogens with one attached hydrogen (secondary N) is 1. The van der Waals surface area contributed by atoms with Gasteiger partial charge in [0.25, 0.3) is 0 Å². The molecule has 0 atom stereocenters. The molecule has 2 aromatic rings. The standard InChI is InChI=1S/C11H11N3O5/c1-18-8-3-6(10(15)16)7(4-9(8)19-2)14-5-12-13-11(14)17/h3-5H,1-2H3,(H,13,17)(H,15,16). The average molecular weight is 265 g/mol. The van der Waals surface area contributed by atoms with Crippen LogP contribution in [0.15, 0.2) is 23.3 Å². The SMILES string of the molecule is COc1cc(C(=O)O)c(-n2cn[nH]c2=O)cc1OC. The molecule has 0 saturated carbocycles. The van der Waals surface area contributed by atoms with E-state index in [9.17, 15) is 14.7 Å². The van der Waals surface area contributed by atoms with E-state index in [0.717, 1.165) is 4.57 Å². The summed E-state index contributed by atoms with van der Waals surface area (Å²) in [5.41, 5.74) is -0.500. The lowest BCUT2D eigenvalue weighted by Crippen LogP contribution is -2.17. The normalized spacial score (nSPS) is 10.2. The molecule has 0 saturated heterocycles. The van der Waals surface area contributed by atoms with Crippen LogP contribution >= 0.6 is 0 Å². The molecule has 0 bridgehead atoms. The van der Waals surface area contributed by atoms with Crippen molar-refractivity contribution in [2.24, 2.45) is 0 Å². The fourth-order valence-corrected chi connectivity index (χ4v) is 1.66. The third-order valence-corrected chi connectivity index (χ3v) is 2.54. The molecule has 19 heavy (non-hydrogen) atoms. The van der Waals surface area contributed by atoms with E-state index in [4.69, 9.17) is 9.47 Å². The van der Waals surface area contributed by atoms with Crippen LogP contribution in [-0.4, -0.2) is 40.1 Å². The van der Waals surface area contributed by atoms with Crippen LogP contribution < -0.4 is 15.2 Å². The predicted octanol–water partition coefficient (Wildman–Crippen LogP) is 0.276. The summed E-state index contributed by atoms with van der Waals surface area (Å²) in [6.07, 6.45) is 1.19. The van der Waals surface area contributed by atoms with Gasteiger partial charge in [-0.2, -0.15) is 5.10 Å². The van der Waals surface area contributed by atoms with Gasteiger partial charge in [-0.25, -0.2) is 19.3 Å². The second kappa shape index (κ2) is 4.84. The Bertz CT molecular complexity index is 673. The van der Waals surface area contributed by atoms with Gasteiger partial charge >= 0.3 is 11.7 Å². The van der Waals surface area contributed by atoms with Gasteiger partial charge in [0.1, 0.15) is 6.33 Å². The number of rotatable bonds is 4. The number of aromatic carboxylic acids is 1. The number of methoxy groups -OCH3 is 2. The quantitative estimate of drug-likeness (QED) is 0.822. The van der Waals surface area contributed by atoms with E-state index in [-0.39, 0.29) is 17.0 Å². The van der Waals surface area contributed by atoms with Crippen LogP contribution in [0.2, 0.25) is 0 Å². The number of carboxylic acid groups (broad SMARTS) is 1. The Kier molecular flexibility index (Phi) is 3.23. The van der Waals surface area contributed by atoms with E-state index in [1.54, 1.807) is 0 Å². The van der Waals surface area contributed by atoms with E-state index < -0.39 is 11.7 Å². The third kappa shape index (κ3) is 2.15.